The first-order valence-corrected chi connectivity index (χ1v) is 7.60. The molecule has 1 rings (SSSR count). The van der Waals surface area contributed by atoms with Gasteiger partial charge in [0, 0.05) is 28.2 Å². The number of rotatable bonds is 5. The van der Waals surface area contributed by atoms with Gasteiger partial charge in [0.1, 0.15) is 12.4 Å². The average Bonchev–Trinajstić information content (AvgIpc) is 2.33. The van der Waals surface area contributed by atoms with E-state index < -0.39 is 0 Å². The Morgan fingerprint density at radius 3 is 2.50 bits per heavy atom. The van der Waals surface area contributed by atoms with Crippen LogP contribution in [0.25, 0.3) is 0 Å². The fourth-order valence-corrected chi connectivity index (χ4v) is 2.15. The van der Waals surface area contributed by atoms with Crippen LogP contribution in [0, 0.1) is 0 Å². The molecule has 112 valence electrons. The van der Waals surface area contributed by atoms with Gasteiger partial charge in [-0.2, -0.15) is 0 Å². The van der Waals surface area contributed by atoms with E-state index in [2.05, 4.69) is 26.1 Å². The molecule has 0 spiro atoms. The van der Waals surface area contributed by atoms with E-state index in [9.17, 15) is 0 Å². The summed E-state index contributed by atoms with van der Waals surface area (Å²) in [4.78, 5) is 0. The Kier molecular flexibility index (Phi) is 6.96. The lowest BCUT2D eigenvalue weighted by Crippen LogP contribution is -2.35. The molecule has 20 heavy (non-hydrogen) atoms. The van der Waals surface area contributed by atoms with Gasteiger partial charge in [-0.25, -0.2) is 0 Å². The molecule has 1 N–H and O–H groups in total. The lowest BCUT2D eigenvalue weighted by molar-refractivity contribution is 0.349. The van der Waals surface area contributed by atoms with E-state index in [-0.39, 0.29) is 12.1 Å². The smallest absolute Gasteiger partial charge is 0.143 e. The largest absolute Gasteiger partial charge is 0.486 e. The summed E-state index contributed by atoms with van der Waals surface area (Å²) in [6.07, 6.45) is 0. The molecule has 0 atom stereocenters. The SMILES string of the molecule is CC(C)(C)NCc1cc(Cl)cc(Cl)c1OCC(Cl)=CCl. The molecular formula is C14H17Cl4NO. The summed E-state index contributed by atoms with van der Waals surface area (Å²) in [6.45, 7) is 6.97. The molecule has 0 saturated carbocycles. The van der Waals surface area contributed by atoms with Gasteiger partial charge in [-0.05, 0) is 32.9 Å². The van der Waals surface area contributed by atoms with Gasteiger partial charge in [0.15, 0.2) is 0 Å². The zero-order valence-electron chi connectivity index (χ0n) is 11.6. The van der Waals surface area contributed by atoms with Gasteiger partial charge in [0.05, 0.1) is 10.1 Å². The molecule has 0 fully saturated rings. The Hall–Kier alpha value is -0.120. The van der Waals surface area contributed by atoms with E-state index in [1.807, 2.05) is 6.07 Å². The van der Waals surface area contributed by atoms with E-state index in [4.69, 9.17) is 51.1 Å². The summed E-state index contributed by atoms with van der Waals surface area (Å²) in [5.74, 6) is 0.560. The van der Waals surface area contributed by atoms with Crippen molar-refractivity contribution in [2.45, 2.75) is 32.9 Å². The normalized spacial score (nSPS) is 12.7. The lowest BCUT2D eigenvalue weighted by Gasteiger charge is -2.22. The number of ether oxygens (including phenoxy) is 1. The van der Waals surface area contributed by atoms with Crippen molar-refractivity contribution >= 4 is 46.4 Å². The van der Waals surface area contributed by atoms with E-state index in [0.29, 0.717) is 27.4 Å². The molecule has 6 heteroatoms. The van der Waals surface area contributed by atoms with E-state index in [1.165, 1.54) is 5.54 Å². The van der Waals surface area contributed by atoms with Crippen molar-refractivity contribution in [3.05, 3.63) is 38.3 Å². The molecule has 0 heterocycles. The molecule has 0 bridgehead atoms. The molecule has 1 aromatic carbocycles. The van der Waals surface area contributed by atoms with Crippen molar-refractivity contribution in [3.8, 4) is 5.75 Å². The van der Waals surface area contributed by atoms with Crippen molar-refractivity contribution in [3.63, 3.8) is 0 Å². The second-order valence-electron chi connectivity index (χ2n) is 5.32. The fraction of sp³-hybridized carbons (Fsp3) is 0.429. The zero-order chi connectivity index (χ0) is 15.3. The van der Waals surface area contributed by atoms with Gasteiger partial charge in [-0.3, -0.25) is 0 Å². The van der Waals surface area contributed by atoms with Gasteiger partial charge in [-0.1, -0.05) is 46.4 Å². The monoisotopic (exact) mass is 355 g/mol. The molecule has 0 aliphatic rings. The quantitative estimate of drug-likeness (QED) is 0.743. The minimum absolute atomic E-state index is 0.0280. The van der Waals surface area contributed by atoms with Crippen molar-refractivity contribution in [1.29, 1.82) is 0 Å². The highest BCUT2D eigenvalue weighted by molar-refractivity contribution is 6.37. The maximum atomic E-state index is 6.18. The predicted octanol–water partition coefficient (Wildman–Crippen LogP) is 5.58. The van der Waals surface area contributed by atoms with Crippen LogP contribution in [0.5, 0.6) is 5.75 Å². The minimum Gasteiger partial charge on any atom is -0.486 e. The maximum Gasteiger partial charge on any atom is 0.143 e. The Morgan fingerprint density at radius 1 is 1.30 bits per heavy atom. The summed E-state index contributed by atoms with van der Waals surface area (Å²) in [6, 6.07) is 3.46. The summed E-state index contributed by atoms with van der Waals surface area (Å²) >= 11 is 23.5. The maximum absolute atomic E-state index is 6.18. The zero-order valence-corrected chi connectivity index (χ0v) is 14.6. The number of halogens is 4. The standard InChI is InChI=1S/C14H17Cl4NO/c1-14(2,3)19-7-9-4-10(16)5-12(18)13(9)20-8-11(17)6-15/h4-6,19H,7-8H2,1-3H3. The Morgan fingerprint density at radius 2 is 1.95 bits per heavy atom. The van der Waals surface area contributed by atoms with Crippen LogP contribution in [0.15, 0.2) is 22.7 Å². The topological polar surface area (TPSA) is 21.3 Å². The van der Waals surface area contributed by atoms with Crippen molar-refractivity contribution in [2.24, 2.45) is 0 Å². The first-order valence-electron chi connectivity index (χ1n) is 6.03. The first-order chi connectivity index (χ1) is 9.23. The van der Waals surface area contributed by atoms with Crippen molar-refractivity contribution in [2.75, 3.05) is 6.61 Å². The second kappa shape index (κ2) is 7.77. The van der Waals surface area contributed by atoms with Crippen LogP contribution in [0.4, 0.5) is 0 Å². The molecule has 0 aliphatic carbocycles. The van der Waals surface area contributed by atoms with Gasteiger partial charge in [-0.15, -0.1) is 0 Å². The van der Waals surface area contributed by atoms with Crippen molar-refractivity contribution < 1.29 is 4.74 Å². The van der Waals surface area contributed by atoms with Crippen molar-refractivity contribution in [1.82, 2.24) is 5.32 Å². The van der Waals surface area contributed by atoms with E-state index in [0.717, 1.165) is 5.56 Å². The Labute approximate surface area is 140 Å². The fourth-order valence-electron chi connectivity index (χ4n) is 1.44. The summed E-state index contributed by atoms with van der Waals surface area (Å²) < 4.78 is 5.63. The lowest BCUT2D eigenvalue weighted by atomic mass is 10.1. The van der Waals surface area contributed by atoms with Crippen LogP contribution in [0.2, 0.25) is 10.0 Å². The van der Waals surface area contributed by atoms with Crippen LogP contribution in [0.3, 0.4) is 0 Å². The second-order valence-corrected chi connectivity index (χ2v) is 6.87. The molecule has 1 aromatic rings. The highest BCUT2D eigenvalue weighted by atomic mass is 35.5. The van der Waals surface area contributed by atoms with Gasteiger partial charge >= 0.3 is 0 Å². The van der Waals surface area contributed by atoms with Gasteiger partial charge in [0.25, 0.3) is 0 Å². The van der Waals surface area contributed by atoms with Gasteiger partial charge < -0.3 is 10.1 Å². The number of hydrogen-bond acceptors (Lipinski definition) is 2. The molecule has 0 unspecified atom stereocenters. The Balaban J connectivity index is 2.95. The molecule has 2 nitrogen and oxygen atoms in total. The third-order valence-electron chi connectivity index (χ3n) is 2.37. The minimum atomic E-state index is -0.0280. The molecule has 0 aliphatic heterocycles. The average molecular weight is 357 g/mol. The number of nitrogens with one attached hydrogen (secondary N) is 1. The van der Waals surface area contributed by atoms with E-state index in [1.54, 1.807) is 6.07 Å². The third kappa shape index (κ3) is 6.11. The van der Waals surface area contributed by atoms with Crippen LogP contribution in [-0.2, 0) is 6.54 Å². The third-order valence-corrected chi connectivity index (χ3v) is 3.46. The molecule has 0 radical (unpaired) electrons. The molecule has 0 amide bonds. The summed E-state index contributed by atoms with van der Waals surface area (Å²) in [5.41, 5.74) is 2.11. The van der Waals surface area contributed by atoms with Crippen LogP contribution >= 0.6 is 46.4 Å². The van der Waals surface area contributed by atoms with Crippen LogP contribution in [0.1, 0.15) is 26.3 Å². The first kappa shape index (κ1) is 17.9. The summed E-state index contributed by atoms with van der Waals surface area (Å²) in [5, 5.41) is 4.77. The number of hydrogen-bond donors (Lipinski definition) is 1. The van der Waals surface area contributed by atoms with Crippen LogP contribution in [-0.4, -0.2) is 12.1 Å². The number of benzene rings is 1. The predicted molar refractivity (Wildman–Crippen MR) is 88.3 cm³/mol. The van der Waals surface area contributed by atoms with E-state index >= 15 is 0 Å². The Bertz CT molecular complexity index is 495. The van der Waals surface area contributed by atoms with Crippen LogP contribution < -0.4 is 10.1 Å². The molecular weight excluding hydrogens is 340 g/mol. The summed E-state index contributed by atoms with van der Waals surface area (Å²) in [7, 11) is 0. The molecule has 0 aromatic heterocycles. The highest BCUT2D eigenvalue weighted by Crippen LogP contribution is 2.33. The van der Waals surface area contributed by atoms with Gasteiger partial charge in [0.2, 0.25) is 0 Å². The molecule has 0 saturated heterocycles. The highest BCUT2D eigenvalue weighted by Gasteiger charge is 2.14.